The number of alkyl halides is 3. The topological polar surface area (TPSA) is 35.9 Å². The van der Waals surface area contributed by atoms with E-state index in [4.69, 9.17) is 4.74 Å². The maximum Gasteiger partial charge on any atom is 0.269 e. The summed E-state index contributed by atoms with van der Waals surface area (Å²) in [5.74, 6) is -2.77. The third-order valence-electron chi connectivity index (χ3n) is 6.72. The molecule has 0 aromatic rings. The molecule has 4 aliphatic rings. The van der Waals surface area contributed by atoms with Crippen molar-refractivity contribution in [2.75, 3.05) is 39.4 Å². The van der Waals surface area contributed by atoms with Gasteiger partial charge in [0.05, 0.1) is 18.8 Å². The summed E-state index contributed by atoms with van der Waals surface area (Å²) in [6.45, 7) is 1.86. The first-order chi connectivity index (χ1) is 11.0. The molecule has 0 amide bonds. The minimum atomic E-state index is -2.77. The van der Waals surface area contributed by atoms with E-state index in [9.17, 15) is 18.3 Å². The predicted octanol–water partition coefficient (Wildman–Crippen LogP) is 1.42. The van der Waals surface area contributed by atoms with Gasteiger partial charge in [-0.15, -0.1) is 0 Å². The van der Waals surface area contributed by atoms with Crippen LogP contribution in [0.15, 0.2) is 0 Å². The summed E-state index contributed by atoms with van der Waals surface area (Å²) < 4.78 is 49.5. The molecule has 4 saturated heterocycles. The van der Waals surface area contributed by atoms with Crippen LogP contribution in [0, 0.1) is 0 Å². The molecule has 0 radical (unpaired) electrons. The van der Waals surface area contributed by atoms with Gasteiger partial charge in [0.25, 0.3) is 5.92 Å². The third-order valence-corrected chi connectivity index (χ3v) is 6.72. The van der Waals surface area contributed by atoms with Crippen molar-refractivity contribution in [1.29, 1.82) is 0 Å². The Morgan fingerprint density at radius 3 is 2.52 bits per heavy atom. The van der Waals surface area contributed by atoms with E-state index in [0.717, 1.165) is 19.4 Å². The molecule has 0 aromatic carbocycles. The van der Waals surface area contributed by atoms with Crippen LogP contribution in [0.3, 0.4) is 0 Å². The molecule has 4 fully saturated rings. The van der Waals surface area contributed by atoms with Crippen molar-refractivity contribution in [1.82, 2.24) is 9.80 Å². The van der Waals surface area contributed by atoms with Gasteiger partial charge in [-0.25, -0.2) is 13.2 Å². The zero-order valence-corrected chi connectivity index (χ0v) is 13.3. The van der Waals surface area contributed by atoms with Crippen LogP contribution < -0.4 is 0 Å². The number of hydrogen-bond acceptors (Lipinski definition) is 4. The first-order valence-corrected chi connectivity index (χ1v) is 8.70. The summed E-state index contributed by atoms with van der Waals surface area (Å²) in [6, 6.07) is 0. The highest BCUT2D eigenvalue weighted by atomic mass is 19.3. The molecule has 0 bridgehead atoms. The van der Waals surface area contributed by atoms with E-state index in [-0.39, 0.29) is 19.6 Å². The molecule has 4 rings (SSSR count). The van der Waals surface area contributed by atoms with Crippen LogP contribution in [-0.4, -0.2) is 83.6 Å². The molecule has 4 heterocycles. The minimum Gasteiger partial charge on any atom is -0.394 e. The molecule has 0 saturated carbocycles. The Kier molecular flexibility index (Phi) is 3.72. The zero-order chi connectivity index (χ0) is 16.3. The molecule has 7 heteroatoms. The van der Waals surface area contributed by atoms with E-state index < -0.39 is 29.3 Å². The van der Waals surface area contributed by atoms with E-state index in [1.54, 1.807) is 0 Å². The second-order valence-electron chi connectivity index (χ2n) is 7.64. The molecule has 132 valence electrons. The molecule has 0 aliphatic carbocycles. The lowest BCUT2D eigenvalue weighted by atomic mass is 9.90. The minimum absolute atomic E-state index is 0.111. The van der Waals surface area contributed by atoms with E-state index in [1.165, 1.54) is 0 Å². The first-order valence-electron chi connectivity index (χ1n) is 8.70. The number of nitrogens with zero attached hydrogens (tertiary/aromatic N) is 2. The molecular weight excluding hydrogens is 309 g/mol. The van der Waals surface area contributed by atoms with Gasteiger partial charge in [-0.1, -0.05) is 0 Å². The van der Waals surface area contributed by atoms with E-state index in [0.29, 0.717) is 32.5 Å². The molecule has 0 spiro atoms. The lowest BCUT2D eigenvalue weighted by Gasteiger charge is -2.37. The van der Waals surface area contributed by atoms with Gasteiger partial charge in [0.15, 0.2) is 0 Å². The highest BCUT2D eigenvalue weighted by Crippen LogP contribution is 2.50. The van der Waals surface area contributed by atoms with Gasteiger partial charge >= 0.3 is 0 Å². The monoisotopic (exact) mass is 334 g/mol. The first kappa shape index (κ1) is 16.1. The standard InChI is InChI=1S/C16H25F3N2O2/c17-13-12(9-21-7-1-3-14(13,21)10-22)23-11-15-4-2-6-20(15)8-5-16(15,18)19/h12-13,22H,1-11H2. The molecule has 0 aromatic heterocycles. The van der Waals surface area contributed by atoms with Gasteiger partial charge in [-0.2, -0.15) is 0 Å². The fraction of sp³-hybridized carbons (Fsp3) is 1.00. The van der Waals surface area contributed by atoms with Crippen LogP contribution in [0.4, 0.5) is 13.2 Å². The summed E-state index contributed by atoms with van der Waals surface area (Å²) in [5, 5.41) is 9.66. The Labute approximate surface area is 134 Å². The fourth-order valence-corrected chi connectivity index (χ4v) is 5.30. The number of rotatable bonds is 4. The summed E-state index contributed by atoms with van der Waals surface area (Å²) in [4.78, 5) is 3.78. The predicted molar refractivity (Wildman–Crippen MR) is 78.4 cm³/mol. The molecule has 4 nitrogen and oxygen atoms in total. The van der Waals surface area contributed by atoms with Crippen molar-refractivity contribution < 1.29 is 23.0 Å². The number of hydrogen-bond donors (Lipinski definition) is 1. The van der Waals surface area contributed by atoms with Crippen LogP contribution in [0.1, 0.15) is 32.1 Å². The lowest BCUT2D eigenvalue weighted by Crippen LogP contribution is -2.55. The quantitative estimate of drug-likeness (QED) is 0.844. The molecule has 4 atom stereocenters. The van der Waals surface area contributed by atoms with Gasteiger partial charge in [0.2, 0.25) is 0 Å². The van der Waals surface area contributed by atoms with E-state index in [1.807, 2.05) is 9.80 Å². The van der Waals surface area contributed by atoms with Crippen molar-refractivity contribution in [2.45, 2.75) is 61.4 Å². The highest BCUT2D eigenvalue weighted by molar-refractivity contribution is 5.13. The van der Waals surface area contributed by atoms with E-state index >= 15 is 0 Å². The highest BCUT2D eigenvalue weighted by Gasteiger charge is 2.64. The SMILES string of the molecule is OCC12CCCN1CC(OCC13CCCN1CCC3(F)F)C2F. The Morgan fingerprint density at radius 2 is 1.78 bits per heavy atom. The van der Waals surface area contributed by atoms with Crippen molar-refractivity contribution in [3.05, 3.63) is 0 Å². The Balaban J connectivity index is 1.48. The smallest absolute Gasteiger partial charge is 0.269 e. The zero-order valence-electron chi connectivity index (χ0n) is 13.3. The molecule has 1 N–H and O–H groups in total. The normalized spacial score (nSPS) is 46.4. The Hall–Kier alpha value is -0.370. The van der Waals surface area contributed by atoms with Crippen molar-refractivity contribution in [3.8, 4) is 0 Å². The second kappa shape index (κ2) is 5.31. The van der Waals surface area contributed by atoms with Gasteiger partial charge in [0, 0.05) is 19.5 Å². The van der Waals surface area contributed by atoms with Crippen LogP contribution in [0.25, 0.3) is 0 Å². The number of aliphatic hydroxyl groups is 1. The molecule has 23 heavy (non-hydrogen) atoms. The summed E-state index contributed by atoms with van der Waals surface area (Å²) in [6.07, 6.45) is 0.481. The largest absolute Gasteiger partial charge is 0.394 e. The maximum atomic E-state index is 14.9. The van der Waals surface area contributed by atoms with E-state index in [2.05, 4.69) is 0 Å². The van der Waals surface area contributed by atoms with Crippen LogP contribution >= 0.6 is 0 Å². The summed E-state index contributed by atoms with van der Waals surface area (Å²) >= 11 is 0. The molecule has 4 aliphatic heterocycles. The van der Waals surface area contributed by atoms with Crippen LogP contribution in [-0.2, 0) is 4.74 Å². The average molecular weight is 334 g/mol. The number of ether oxygens (including phenoxy) is 1. The van der Waals surface area contributed by atoms with Crippen LogP contribution in [0.5, 0.6) is 0 Å². The van der Waals surface area contributed by atoms with Gasteiger partial charge in [-0.3, -0.25) is 9.80 Å². The average Bonchev–Trinajstić information content (AvgIpc) is 3.22. The van der Waals surface area contributed by atoms with Gasteiger partial charge in [-0.05, 0) is 38.8 Å². The maximum absolute atomic E-state index is 14.9. The number of halogens is 3. The number of aliphatic hydroxyl groups excluding tert-OH is 1. The van der Waals surface area contributed by atoms with Crippen molar-refractivity contribution >= 4 is 0 Å². The van der Waals surface area contributed by atoms with Crippen molar-refractivity contribution in [2.24, 2.45) is 0 Å². The second-order valence-corrected chi connectivity index (χ2v) is 7.64. The summed E-state index contributed by atoms with van der Waals surface area (Å²) in [7, 11) is 0. The summed E-state index contributed by atoms with van der Waals surface area (Å²) in [5.41, 5.74) is -2.10. The van der Waals surface area contributed by atoms with Gasteiger partial charge < -0.3 is 9.84 Å². The van der Waals surface area contributed by atoms with Crippen molar-refractivity contribution in [3.63, 3.8) is 0 Å². The number of fused-ring (bicyclic) bond motifs is 2. The Bertz CT molecular complexity index is 480. The Morgan fingerprint density at radius 1 is 1.04 bits per heavy atom. The fourth-order valence-electron chi connectivity index (χ4n) is 5.30. The molecular formula is C16H25F3N2O2. The molecule has 4 unspecified atom stereocenters. The third kappa shape index (κ3) is 2.06. The lowest BCUT2D eigenvalue weighted by molar-refractivity contribution is -0.133. The van der Waals surface area contributed by atoms with Crippen LogP contribution in [0.2, 0.25) is 0 Å². The van der Waals surface area contributed by atoms with Gasteiger partial charge in [0.1, 0.15) is 17.8 Å².